The van der Waals surface area contributed by atoms with Gasteiger partial charge in [-0.1, -0.05) is 6.07 Å². The van der Waals surface area contributed by atoms with Gasteiger partial charge in [-0.3, -0.25) is 19.2 Å². The highest BCUT2D eigenvalue weighted by atomic mass is 16.5. The number of carbonyl (C=O) groups is 4. The van der Waals surface area contributed by atoms with Gasteiger partial charge in [-0.2, -0.15) is 0 Å². The van der Waals surface area contributed by atoms with Gasteiger partial charge in [-0.05, 0) is 62.1 Å². The molecule has 0 bridgehead atoms. The van der Waals surface area contributed by atoms with Crippen LogP contribution in [0.3, 0.4) is 0 Å². The fraction of sp³-hybridized carbons (Fsp3) is 0.385. The molecule has 2 aromatic carbocycles. The number of hydrogen-bond acceptors (Lipinski definition) is 6. The minimum atomic E-state index is -0.532. The van der Waals surface area contributed by atoms with E-state index in [9.17, 15) is 19.2 Å². The van der Waals surface area contributed by atoms with E-state index in [-0.39, 0.29) is 35.1 Å². The van der Waals surface area contributed by atoms with E-state index in [1.807, 2.05) is 0 Å². The predicted octanol–water partition coefficient (Wildman–Crippen LogP) is 2.30. The smallest absolute Gasteiger partial charge is 0.266 e. The number of amides is 4. The van der Waals surface area contributed by atoms with Crippen molar-refractivity contribution in [2.24, 2.45) is 0 Å². The van der Waals surface area contributed by atoms with Crippen LogP contribution in [0.4, 0.5) is 5.69 Å². The molecule has 35 heavy (non-hydrogen) atoms. The second-order valence-corrected chi connectivity index (χ2v) is 8.95. The standard InChI is InChI=1S/C26H27N3O6/c30-23(27-14-19-6-2-10-34-19)16-4-1-5-18(12-16)29-25(32)21-9-8-17(13-22(21)26(29)33)24(31)28-15-20-7-3-11-35-20/h1,4-5,8-9,12-13,19-20H,2-3,6-7,10-11,14-15H2,(H,27,30)(H,28,31)/t19-,20-/m1/s1. The molecule has 0 unspecified atom stereocenters. The zero-order valence-electron chi connectivity index (χ0n) is 19.2. The Morgan fingerprint density at radius 2 is 1.40 bits per heavy atom. The van der Waals surface area contributed by atoms with Gasteiger partial charge >= 0.3 is 0 Å². The molecule has 5 rings (SSSR count). The highest BCUT2D eigenvalue weighted by Gasteiger charge is 2.37. The largest absolute Gasteiger partial charge is 0.376 e. The Balaban J connectivity index is 1.29. The number of anilines is 1. The van der Waals surface area contributed by atoms with E-state index in [0.29, 0.717) is 43.1 Å². The van der Waals surface area contributed by atoms with Crippen LogP contribution in [0.25, 0.3) is 0 Å². The van der Waals surface area contributed by atoms with Crippen LogP contribution in [0, 0.1) is 0 Å². The van der Waals surface area contributed by atoms with Gasteiger partial charge in [0.2, 0.25) is 0 Å². The fourth-order valence-corrected chi connectivity index (χ4v) is 4.63. The van der Waals surface area contributed by atoms with E-state index in [4.69, 9.17) is 9.47 Å². The monoisotopic (exact) mass is 477 g/mol. The second kappa shape index (κ2) is 9.97. The summed E-state index contributed by atoms with van der Waals surface area (Å²) in [6.07, 6.45) is 3.77. The summed E-state index contributed by atoms with van der Waals surface area (Å²) in [6, 6.07) is 10.9. The Bertz CT molecular complexity index is 1170. The number of nitrogens with zero attached hydrogens (tertiary/aromatic N) is 1. The maximum atomic E-state index is 13.2. The molecule has 2 aromatic rings. The highest BCUT2D eigenvalue weighted by molar-refractivity contribution is 6.34. The molecule has 3 aliphatic heterocycles. The van der Waals surface area contributed by atoms with Crippen LogP contribution in [0.15, 0.2) is 42.5 Å². The third-order valence-corrected chi connectivity index (χ3v) is 6.54. The van der Waals surface area contributed by atoms with Crippen LogP contribution in [-0.4, -0.2) is 62.1 Å². The molecule has 0 aliphatic carbocycles. The summed E-state index contributed by atoms with van der Waals surface area (Å²) >= 11 is 0. The Kier molecular flexibility index (Phi) is 6.61. The van der Waals surface area contributed by atoms with E-state index >= 15 is 0 Å². The average molecular weight is 478 g/mol. The first kappa shape index (κ1) is 23.2. The Hall–Kier alpha value is -3.56. The molecule has 2 atom stereocenters. The molecule has 2 N–H and O–H groups in total. The first-order chi connectivity index (χ1) is 17.0. The molecule has 2 saturated heterocycles. The summed E-state index contributed by atoms with van der Waals surface area (Å²) in [6.45, 7) is 2.21. The summed E-state index contributed by atoms with van der Waals surface area (Å²) in [4.78, 5) is 52.4. The molecule has 0 spiro atoms. The van der Waals surface area contributed by atoms with Crippen molar-refractivity contribution in [3.05, 3.63) is 64.7 Å². The zero-order valence-corrected chi connectivity index (χ0v) is 19.2. The first-order valence-electron chi connectivity index (χ1n) is 11.9. The molecule has 0 saturated carbocycles. The molecule has 3 aliphatic rings. The summed E-state index contributed by atoms with van der Waals surface area (Å²) in [5.74, 6) is -1.65. The van der Waals surface area contributed by atoms with Gasteiger partial charge in [0.25, 0.3) is 23.6 Å². The van der Waals surface area contributed by atoms with Gasteiger partial charge < -0.3 is 20.1 Å². The zero-order chi connectivity index (χ0) is 24.4. The maximum absolute atomic E-state index is 13.2. The molecule has 9 heteroatoms. The van der Waals surface area contributed by atoms with E-state index in [0.717, 1.165) is 30.6 Å². The average Bonchev–Trinajstić information content (AvgIpc) is 3.64. The van der Waals surface area contributed by atoms with Crippen molar-refractivity contribution in [2.45, 2.75) is 37.9 Å². The lowest BCUT2D eigenvalue weighted by atomic mass is 10.1. The minimum absolute atomic E-state index is 0.00208. The molecule has 182 valence electrons. The number of fused-ring (bicyclic) bond motifs is 1. The van der Waals surface area contributed by atoms with Crippen LogP contribution in [0.2, 0.25) is 0 Å². The van der Waals surface area contributed by atoms with Crippen molar-refractivity contribution < 1.29 is 28.7 Å². The normalized spacial score (nSPS) is 21.3. The van der Waals surface area contributed by atoms with Crippen molar-refractivity contribution >= 4 is 29.3 Å². The quantitative estimate of drug-likeness (QED) is 0.592. The summed E-state index contributed by atoms with van der Waals surface area (Å²) in [5, 5.41) is 5.67. The number of rotatable bonds is 7. The van der Waals surface area contributed by atoms with Crippen molar-refractivity contribution in [3.63, 3.8) is 0 Å². The Morgan fingerprint density at radius 3 is 2.00 bits per heavy atom. The fourth-order valence-electron chi connectivity index (χ4n) is 4.63. The van der Waals surface area contributed by atoms with Crippen LogP contribution in [0.5, 0.6) is 0 Å². The van der Waals surface area contributed by atoms with Gasteiger partial charge in [0.05, 0.1) is 29.0 Å². The van der Waals surface area contributed by atoms with E-state index in [2.05, 4.69) is 10.6 Å². The predicted molar refractivity (Wildman–Crippen MR) is 127 cm³/mol. The highest BCUT2D eigenvalue weighted by Crippen LogP contribution is 2.29. The molecular weight excluding hydrogens is 450 g/mol. The number of carbonyl (C=O) groups excluding carboxylic acids is 4. The van der Waals surface area contributed by atoms with Gasteiger partial charge in [-0.25, -0.2) is 4.90 Å². The van der Waals surface area contributed by atoms with Crippen molar-refractivity contribution in [1.29, 1.82) is 0 Å². The Labute approximate surface area is 202 Å². The number of hydrogen-bond donors (Lipinski definition) is 2. The van der Waals surface area contributed by atoms with E-state index in [1.54, 1.807) is 18.2 Å². The van der Waals surface area contributed by atoms with Gasteiger partial charge in [0, 0.05) is 37.4 Å². The third-order valence-electron chi connectivity index (χ3n) is 6.54. The Morgan fingerprint density at radius 1 is 0.800 bits per heavy atom. The van der Waals surface area contributed by atoms with Gasteiger partial charge in [0.15, 0.2) is 0 Å². The van der Waals surface area contributed by atoms with Crippen molar-refractivity contribution in [1.82, 2.24) is 10.6 Å². The first-order valence-corrected chi connectivity index (χ1v) is 11.9. The SMILES string of the molecule is O=C(NC[C@H]1CCCO1)c1cccc(N2C(=O)c3ccc(C(=O)NC[C@H]4CCCO4)cc3C2=O)c1. The number of nitrogens with one attached hydrogen (secondary N) is 2. The lowest BCUT2D eigenvalue weighted by Gasteiger charge is -2.15. The summed E-state index contributed by atoms with van der Waals surface area (Å²) in [5.41, 5.74) is 1.32. The molecule has 9 nitrogen and oxygen atoms in total. The molecule has 4 amide bonds. The number of ether oxygens (including phenoxy) is 2. The van der Waals surface area contributed by atoms with Gasteiger partial charge in [-0.15, -0.1) is 0 Å². The lowest BCUT2D eigenvalue weighted by molar-refractivity contribution is 0.0854. The van der Waals surface area contributed by atoms with E-state index < -0.39 is 11.8 Å². The van der Waals surface area contributed by atoms with E-state index in [1.165, 1.54) is 24.3 Å². The van der Waals surface area contributed by atoms with Crippen molar-refractivity contribution in [3.8, 4) is 0 Å². The molecule has 2 fully saturated rings. The third kappa shape index (κ3) is 4.82. The van der Waals surface area contributed by atoms with Gasteiger partial charge in [0.1, 0.15) is 0 Å². The van der Waals surface area contributed by atoms with Crippen LogP contribution >= 0.6 is 0 Å². The molecule has 0 aromatic heterocycles. The number of benzene rings is 2. The maximum Gasteiger partial charge on any atom is 0.266 e. The lowest BCUT2D eigenvalue weighted by Crippen LogP contribution is -2.32. The molecule has 3 heterocycles. The minimum Gasteiger partial charge on any atom is -0.376 e. The second-order valence-electron chi connectivity index (χ2n) is 8.95. The molecular formula is C26H27N3O6. The van der Waals surface area contributed by atoms with Crippen molar-refractivity contribution in [2.75, 3.05) is 31.2 Å². The molecule has 0 radical (unpaired) electrons. The van der Waals surface area contributed by atoms with Crippen LogP contribution in [-0.2, 0) is 9.47 Å². The van der Waals surface area contributed by atoms with Crippen LogP contribution < -0.4 is 15.5 Å². The topological polar surface area (TPSA) is 114 Å². The van der Waals surface area contributed by atoms with Crippen LogP contribution in [0.1, 0.15) is 67.1 Å². The summed E-state index contributed by atoms with van der Waals surface area (Å²) in [7, 11) is 0. The number of imide groups is 1. The summed E-state index contributed by atoms with van der Waals surface area (Å²) < 4.78 is 11.0.